The van der Waals surface area contributed by atoms with Crippen LogP contribution in [0.1, 0.15) is 38.3 Å². The van der Waals surface area contributed by atoms with Crippen LogP contribution in [-0.2, 0) is 9.59 Å². The minimum atomic E-state index is -0.915. The molecule has 0 saturated carbocycles. The number of hydrogen-bond acceptors (Lipinski definition) is 2. The van der Waals surface area contributed by atoms with Crippen molar-refractivity contribution in [3.05, 3.63) is 47.0 Å². The van der Waals surface area contributed by atoms with Crippen LogP contribution >= 0.6 is 11.6 Å². The fraction of sp³-hybridized carbons (Fsp3) is 0.444. The van der Waals surface area contributed by atoms with E-state index in [2.05, 4.69) is 5.32 Å². The molecule has 0 bridgehead atoms. The van der Waals surface area contributed by atoms with Crippen molar-refractivity contribution in [1.29, 1.82) is 0 Å². The lowest BCUT2D eigenvalue weighted by atomic mass is 9.82. The molecule has 0 aromatic heterocycles. The molecule has 1 aliphatic carbocycles. The van der Waals surface area contributed by atoms with Crippen LogP contribution in [0.4, 0.5) is 0 Å². The van der Waals surface area contributed by atoms with Gasteiger partial charge in [0.15, 0.2) is 0 Å². The van der Waals surface area contributed by atoms with Crippen LogP contribution in [0.15, 0.2) is 36.4 Å². The highest BCUT2D eigenvalue weighted by atomic mass is 35.5. The number of carboxylic acid groups (broad SMARTS) is 1. The summed E-state index contributed by atoms with van der Waals surface area (Å²) < 4.78 is 0. The molecule has 124 valence electrons. The van der Waals surface area contributed by atoms with Gasteiger partial charge in [-0.05, 0) is 36.5 Å². The molecule has 1 aromatic carbocycles. The van der Waals surface area contributed by atoms with Crippen molar-refractivity contribution in [2.24, 2.45) is 17.8 Å². The first kappa shape index (κ1) is 17.5. The van der Waals surface area contributed by atoms with Crippen molar-refractivity contribution in [3.8, 4) is 0 Å². The van der Waals surface area contributed by atoms with E-state index in [0.717, 1.165) is 5.56 Å². The van der Waals surface area contributed by atoms with Crippen molar-refractivity contribution in [2.75, 3.05) is 0 Å². The maximum absolute atomic E-state index is 12.6. The van der Waals surface area contributed by atoms with Crippen molar-refractivity contribution in [2.45, 2.75) is 32.7 Å². The average Bonchev–Trinajstić information content (AvgIpc) is 2.53. The Kier molecular flexibility index (Phi) is 5.83. The first-order chi connectivity index (χ1) is 10.9. The van der Waals surface area contributed by atoms with Crippen LogP contribution in [0.3, 0.4) is 0 Å². The van der Waals surface area contributed by atoms with Gasteiger partial charge >= 0.3 is 5.97 Å². The van der Waals surface area contributed by atoms with Crippen molar-refractivity contribution in [1.82, 2.24) is 5.32 Å². The molecule has 0 saturated heterocycles. The highest BCUT2D eigenvalue weighted by Gasteiger charge is 2.35. The lowest BCUT2D eigenvalue weighted by molar-refractivity contribution is -0.147. The summed E-state index contributed by atoms with van der Waals surface area (Å²) in [4.78, 5) is 24.0. The number of rotatable bonds is 5. The molecular weight excluding hydrogens is 314 g/mol. The van der Waals surface area contributed by atoms with E-state index in [1.807, 2.05) is 38.1 Å². The van der Waals surface area contributed by atoms with Gasteiger partial charge in [-0.1, -0.05) is 49.7 Å². The minimum absolute atomic E-state index is 0.167. The van der Waals surface area contributed by atoms with Crippen molar-refractivity contribution >= 4 is 23.5 Å². The van der Waals surface area contributed by atoms with Crippen LogP contribution < -0.4 is 5.32 Å². The van der Waals surface area contributed by atoms with Gasteiger partial charge in [-0.25, -0.2) is 0 Å². The number of hydrogen-bond donors (Lipinski definition) is 2. The zero-order valence-corrected chi connectivity index (χ0v) is 14.1. The predicted molar refractivity (Wildman–Crippen MR) is 90.2 cm³/mol. The molecule has 0 fully saturated rings. The fourth-order valence-corrected chi connectivity index (χ4v) is 3.07. The summed E-state index contributed by atoms with van der Waals surface area (Å²) in [7, 11) is 0. The summed E-state index contributed by atoms with van der Waals surface area (Å²) in [5.41, 5.74) is 0.968. The summed E-state index contributed by atoms with van der Waals surface area (Å²) in [6.45, 7) is 4.05. The van der Waals surface area contributed by atoms with E-state index in [0.29, 0.717) is 17.9 Å². The highest BCUT2D eigenvalue weighted by Crippen LogP contribution is 2.29. The molecule has 23 heavy (non-hydrogen) atoms. The molecule has 0 radical (unpaired) electrons. The van der Waals surface area contributed by atoms with E-state index >= 15 is 0 Å². The third-order valence-electron chi connectivity index (χ3n) is 4.28. The van der Waals surface area contributed by atoms with Crippen LogP contribution in [0.5, 0.6) is 0 Å². The topological polar surface area (TPSA) is 66.4 Å². The Balaban J connectivity index is 2.16. The molecule has 2 rings (SSSR count). The highest BCUT2D eigenvalue weighted by molar-refractivity contribution is 6.30. The number of aliphatic carboxylic acids is 1. The van der Waals surface area contributed by atoms with E-state index in [-0.39, 0.29) is 17.9 Å². The van der Waals surface area contributed by atoms with Gasteiger partial charge in [-0.3, -0.25) is 9.59 Å². The Morgan fingerprint density at radius 3 is 2.22 bits per heavy atom. The number of carbonyl (C=O) groups is 2. The Labute approximate surface area is 141 Å². The molecule has 4 nitrogen and oxygen atoms in total. The number of carboxylic acids is 1. The quantitative estimate of drug-likeness (QED) is 0.804. The maximum atomic E-state index is 12.6. The molecule has 1 aromatic rings. The second-order valence-electron chi connectivity index (χ2n) is 6.28. The summed E-state index contributed by atoms with van der Waals surface area (Å²) in [6, 6.07) is 7.20. The van der Waals surface area contributed by atoms with Gasteiger partial charge in [0.05, 0.1) is 17.9 Å². The second-order valence-corrected chi connectivity index (χ2v) is 6.71. The van der Waals surface area contributed by atoms with Crippen molar-refractivity contribution in [3.63, 3.8) is 0 Å². The largest absolute Gasteiger partial charge is 0.481 e. The van der Waals surface area contributed by atoms with E-state index in [9.17, 15) is 14.7 Å². The second kappa shape index (κ2) is 7.64. The fourth-order valence-electron chi connectivity index (χ4n) is 2.94. The lowest BCUT2D eigenvalue weighted by Gasteiger charge is -2.29. The van der Waals surface area contributed by atoms with Crippen LogP contribution in [0, 0.1) is 17.8 Å². The van der Waals surface area contributed by atoms with Gasteiger partial charge in [0.1, 0.15) is 0 Å². The Morgan fingerprint density at radius 2 is 1.70 bits per heavy atom. The van der Waals surface area contributed by atoms with Crippen LogP contribution in [0.25, 0.3) is 0 Å². The molecule has 0 aliphatic heterocycles. The first-order valence-electron chi connectivity index (χ1n) is 7.83. The SMILES string of the molecule is CC(C)[C@H](NC(=O)[C@@H]1CC=CC[C@H]1C(=O)O)c1ccc(Cl)cc1. The zero-order valence-electron chi connectivity index (χ0n) is 13.3. The normalized spacial score (nSPS) is 21.9. The van der Waals surface area contributed by atoms with Gasteiger partial charge < -0.3 is 10.4 Å². The number of allylic oxidation sites excluding steroid dienone is 2. The van der Waals surface area contributed by atoms with Gasteiger partial charge in [0.25, 0.3) is 0 Å². The van der Waals surface area contributed by atoms with Gasteiger partial charge in [0.2, 0.25) is 5.91 Å². The summed E-state index contributed by atoms with van der Waals surface area (Å²) in [5.74, 6) is -2.11. The molecule has 0 spiro atoms. The number of amides is 1. The average molecular weight is 336 g/mol. The van der Waals surface area contributed by atoms with E-state index < -0.39 is 17.8 Å². The van der Waals surface area contributed by atoms with Gasteiger partial charge in [-0.2, -0.15) is 0 Å². The Hall–Kier alpha value is -1.81. The van der Waals surface area contributed by atoms with E-state index in [4.69, 9.17) is 11.6 Å². The number of nitrogens with one attached hydrogen (secondary N) is 1. The van der Waals surface area contributed by atoms with Crippen LogP contribution in [-0.4, -0.2) is 17.0 Å². The number of halogens is 1. The molecule has 0 heterocycles. The van der Waals surface area contributed by atoms with E-state index in [1.165, 1.54) is 0 Å². The number of carbonyl (C=O) groups excluding carboxylic acids is 1. The van der Waals surface area contributed by atoms with Gasteiger partial charge in [0, 0.05) is 5.02 Å². The minimum Gasteiger partial charge on any atom is -0.481 e. The third kappa shape index (κ3) is 4.35. The standard InChI is InChI=1S/C18H22ClNO3/c1-11(2)16(12-7-9-13(19)10-8-12)20-17(21)14-5-3-4-6-15(14)18(22)23/h3-4,7-11,14-16H,5-6H2,1-2H3,(H,20,21)(H,22,23)/t14-,15-,16+/m1/s1. The number of benzene rings is 1. The third-order valence-corrected chi connectivity index (χ3v) is 4.53. The Morgan fingerprint density at radius 1 is 1.13 bits per heavy atom. The molecule has 2 N–H and O–H groups in total. The molecule has 3 atom stereocenters. The van der Waals surface area contributed by atoms with Crippen molar-refractivity contribution < 1.29 is 14.7 Å². The van der Waals surface area contributed by atoms with E-state index in [1.54, 1.807) is 12.1 Å². The molecule has 0 unspecified atom stereocenters. The predicted octanol–water partition coefficient (Wildman–Crippen LogP) is 3.82. The monoisotopic (exact) mass is 335 g/mol. The summed E-state index contributed by atoms with van der Waals surface area (Å²) in [6.07, 6.45) is 4.59. The smallest absolute Gasteiger partial charge is 0.307 e. The molecule has 1 aliphatic rings. The maximum Gasteiger partial charge on any atom is 0.307 e. The lowest BCUT2D eigenvalue weighted by Crippen LogP contribution is -2.41. The summed E-state index contributed by atoms with van der Waals surface area (Å²) >= 11 is 5.92. The zero-order chi connectivity index (χ0) is 17.0. The summed E-state index contributed by atoms with van der Waals surface area (Å²) in [5, 5.41) is 13.0. The Bertz CT molecular complexity index is 595. The van der Waals surface area contributed by atoms with Gasteiger partial charge in [-0.15, -0.1) is 0 Å². The van der Waals surface area contributed by atoms with Crippen LogP contribution in [0.2, 0.25) is 5.02 Å². The molecular formula is C18H22ClNO3. The first-order valence-corrected chi connectivity index (χ1v) is 8.21. The molecule has 1 amide bonds. The molecule has 5 heteroatoms.